The highest BCUT2D eigenvalue weighted by Crippen LogP contribution is 2.20. The van der Waals surface area contributed by atoms with Crippen molar-refractivity contribution in [3.63, 3.8) is 0 Å². The van der Waals surface area contributed by atoms with Gasteiger partial charge >= 0.3 is 0 Å². The Balaban J connectivity index is 1.72. The van der Waals surface area contributed by atoms with Crippen molar-refractivity contribution in [2.75, 3.05) is 20.6 Å². The van der Waals surface area contributed by atoms with E-state index in [0.717, 1.165) is 37.1 Å². The Morgan fingerprint density at radius 1 is 1.44 bits per heavy atom. The highest BCUT2D eigenvalue weighted by molar-refractivity contribution is 5.92. The third kappa shape index (κ3) is 3.99. The molecular weight excluding hydrogens is 320 g/mol. The van der Waals surface area contributed by atoms with E-state index in [0.29, 0.717) is 18.0 Å². The van der Waals surface area contributed by atoms with E-state index in [1.54, 1.807) is 19.1 Å². The van der Waals surface area contributed by atoms with Crippen molar-refractivity contribution in [2.24, 2.45) is 0 Å². The van der Waals surface area contributed by atoms with Gasteiger partial charge in [-0.05, 0) is 45.8 Å². The number of hydrogen-bond donors (Lipinski definition) is 1. The van der Waals surface area contributed by atoms with Crippen LogP contribution in [0.2, 0.25) is 0 Å². The number of likely N-dealkylation sites (N-methyl/N-ethyl adjacent to an activating group) is 1. The summed E-state index contributed by atoms with van der Waals surface area (Å²) in [4.78, 5) is 26.5. The van der Waals surface area contributed by atoms with Crippen LogP contribution in [-0.4, -0.2) is 47.2 Å². The lowest BCUT2D eigenvalue weighted by atomic mass is 9.91. The number of rotatable bonds is 5. The monoisotopic (exact) mass is 344 g/mol. The minimum atomic E-state index is -0.216. The Morgan fingerprint density at radius 3 is 2.92 bits per heavy atom. The SMILES string of the molecule is Cc1cc(C(=O)N[C@@H]2CCc3c(ccc(=O)n3CCN(C)C)C2)no1. The number of nitrogens with one attached hydrogen (secondary N) is 1. The molecule has 0 fully saturated rings. The van der Waals surface area contributed by atoms with Crippen LogP contribution in [0.4, 0.5) is 0 Å². The molecule has 1 amide bonds. The van der Waals surface area contributed by atoms with E-state index in [1.165, 1.54) is 0 Å². The second-order valence-electron chi connectivity index (χ2n) is 6.83. The van der Waals surface area contributed by atoms with Crippen LogP contribution in [0.1, 0.15) is 33.9 Å². The van der Waals surface area contributed by atoms with Crippen molar-refractivity contribution >= 4 is 5.91 Å². The molecule has 7 heteroatoms. The molecule has 25 heavy (non-hydrogen) atoms. The number of nitrogens with zero attached hydrogens (tertiary/aromatic N) is 3. The van der Waals surface area contributed by atoms with E-state index >= 15 is 0 Å². The smallest absolute Gasteiger partial charge is 0.273 e. The lowest BCUT2D eigenvalue weighted by Gasteiger charge is -2.28. The van der Waals surface area contributed by atoms with Crippen molar-refractivity contribution in [3.8, 4) is 0 Å². The van der Waals surface area contributed by atoms with Crippen LogP contribution < -0.4 is 10.9 Å². The van der Waals surface area contributed by atoms with E-state index < -0.39 is 0 Å². The molecule has 2 heterocycles. The molecule has 134 valence electrons. The van der Waals surface area contributed by atoms with Gasteiger partial charge in [0.15, 0.2) is 5.69 Å². The van der Waals surface area contributed by atoms with Gasteiger partial charge in [0.1, 0.15) is 5.76 Å². The fraction of sp³-hybridized carbons (Fsp3) is 0.500. The highest BCUT2D eigenvalue weighted by atomic mass is 16.5. The molecule has 0 saturated heterocycles. The third-order valence-corrected chi connectivity index (χ3v) is 4.55. The maximum atomic E-state index is 12.2. The van der Waals surface area contributed by atoms with Crippen molar-refractivity contribution in [3.05, 3.63) is 51.3 Å². The second kappa shape index (κ2) is 7.23. The number of hydrogen-bond acceptors (Lipinski definition) is 5. The van der Waals surface area contributed by atoms with Gasteiger partial charge in [-0.25, -0.2) is 0 Å². The molecular formula is C18H24N4O3. The second-order valence-corrected chi connectivity index (χ2v) is 6.83. The lowest BCUT2D eigenvalue weighted by Crippen LogP contribution is -2.41. The van der Waals surface area contributed by atoms with E-state index in [1.807, 2.05) is 24.7 Å². The predicted octanol–water partition coefficient (Wildman–Crippen LogP) is 0.994. The van der Waals surface area contributed by atoms with Gasteiger partial charge in [-0.15, -0.1) is 0 Å². The quantitative estimate of drug-likeness (QED) is 0.875. The molecule has 0 bridgehead atoms. The number of carbonyl (C=O) groups excluding carboxylic acids is 1. The molecule has 2 aromatic heterocycles. The first kappa shape index (κ1) is 17.4. The van der Waals surface area contributed by atoms with Gasteiger partial charge in [-0.1, -0.05) is 11.2 Å². The van der Waals surface area contributed by atoms with E-state index in [4.69, 9.17) is 4.52 Å². The van der Waals surface area contributed by atoms with E-state index in [9.17, 15) is 9.59 Å². The normalized spacial score (nSPS) is 16.7. The van der Waals surface area contributed by atoms with Crippen LogP contribution in [0, 0.1) is 6.92 Å². The molecule has 0 saturated carbocycles. The fourth-order valence-corrected chi connectivity index (χ4v) is 3.23. The van der Waals surface area contributed by atoms with Crippen molar-refractivity contribution in [1.29, 1.82) is 0 Å². The molecule has 1 aliphatic carbocycles. The maximum absolute atomic E-state index is 12.2. The molecule has 1 aliphatic rings. The average Bonchev–Trinajstić information content (AvgIpc) is 3.00. The number of pyridine rings is 1. The van der Waals surface area contributed by atoms with Crippen LogP contribution in [0.15, 0.2) is 27.5 Å². The summed E-state index contributed by atoms with van der Waals surface area (Å²) in [5, 5.41) is 6.77. The average molecular weight is 344 g/mol. The van der Waals surface area contributed by atoms with Crippen molar-refractivity contribution < 1.29 is 9.32 Å². The molecule has 1 atom stereocenters. The summed E-state index contributed by atoms with van der Waals surface area (Å²) in [7, 11) is 4.00. The van der Waals surface area contributed by atoms with Crippen LogP contribution in [0.5, 0.6) is 0 Å². The van der Waals surface area contributed by atoms with Gasteiger partial charge < -0.3 is 19.3 Å². The zero-order valence-corrected chi connectivity index (χ0v) is 14.9. The molecule has 3 rings (SSSR count). The topological polar surface area (TPSA) is 80.4 Å². The molecule has 1 N–H and O–H groups in total. The minimum Gasteiger partial charge on any atom is -0.361 e. The fourth-order valence-electron chi connectivity index (χ4n) is 3.23. The Bertz CT molecular complexity index is 822. The van der Waals surface area contributed by atoms with E-state index in [2.05, 4.69) is 15.4 Å². The first-order valence-electron chi connectivity index (χ1n) is 8.54. The summed E-state index contributed by atoms with van der Waals surface area (Å²) < 4.78 is 6.82. The first-order valence-corrected chi connectivity index (χ1v) is 8.54. The largest absolute Gasteiger partial charge is 0.361 e. The Morgan fingerprint density at radius 2 is 2.24 bits per heavy atom. The van der Waals surface area contributed by atoms with Crippen LogP contribution in [-0.2, 0) is 19.4 Å². The molecule has 0 aliphatic heterocycles. The molecule has 0 spiro atoms. The Kier molecular flexibility index (Phi) is 5.03. The number of carbonyl (C=O) groups is 1. The minimum absolute atomic E-state index is 0.0387. The highest BCUT2D eigenvalue weighted by Gasteiger charge is 2.24. The molecule has 2 aromatic rings. The number of amides is 1. The number of aryl methyl sites for hydroxylation is 1. The summed E-state index contributed by atoms with van der Waals surface area (Å²) in [6, 6.07) is 5.18. The van der Waals surface area contributed by atoms with Gasteiger partial charge in [-0.2, -0.15) is 0 Å². The number of fused-ring (bicyclic) bond motifs is 1. The lowest BCUT2D eigenvalue weighted by molar-refractivity contribution is 0.0924. The van der Waals surface area contributed by atoms with Gasteiger partial charge in [0.25, 0.3) is 11.5 Å². The summed E-state index contributed by atoms with van der Waals surface area (Å²) in [6.07, 6.45) is 2.31. The Labute approximate surface area is 146 Å². The van der Waals surface area contributed by atoms with Crippen LogP contribution in [0.25, 0.3) is 0 Å². The maximum Gasteiger partial charge on any atom is 0.273 e. The van der Waals surface area contributed by atoms with Crippen LogP contribution in [0.3, 0.4) is 0 Å². The standard InChI is InChI=1S/C18H24N4O3/c1-12-10-15(20-25-12)18(24)19-14-5-6-16-13(11-14)4-7-17(23)22(16)9-8-21(2)3/h4,7,10,14H,5-6,8-9,11H2,1-3H3,(H,19,24)/t14-/m1/s1. The van der Waals surface area contributed by atoms with Crippen LogP contribution >= 0.6 is 0 Å². The first-order chi connectivity index (χ1) is 11.9. The van der Waals surface area contributed by atoms with Gasteiger partial charge in [0.05, 0.1) is 0 Å². The summed E-state index contributed by atoms with van der Waals surface area (Å²) >= 11 is 0. The number of aromatic nitrogens is 2. The van der Waals surface area contributed by atoms with Crippen molar-refractivity contribution in [2.45, 2.75) is 38.8 Å². The summed E-state index contributed by atoms with van der Waals surface area (Å²) in [5.41, 5.74) is 2.57. The van der Waals surface area contributed by atoms with Gasteiger partial charge in [-0.3, -0.25) is 9.59 Å². The molecule has 0 aromatic carbocycles. The van der Waals surface area contributed by atoms with Gasteiger partial charge in [0, 0.05) is 37.0 Å². The Hall–Kier alpha value is -2.41. The van der Waals surface area contributed by atoms with E-state index in [-0.39, 0.29) is 17.5 Å². The summed E-state index contributed by atoms with van der Waals surface area (Å²) in [6.45, 7) is 3.26. The van der Waals surface area contributed by atoms with Crippen molar-refractivity contribution in [1.82, 2.24) is 19.9 Å². The third-order valence-electron chi connectivity index (χ3n) is 4.55. The predicted molar refractivity (Wildman–Crippen MR) is 93.8 cm³/mol. The molecule has 0 unspecified atom stereocenters. The molecule has 7 nitrogen and oxygen atoms in total. The zero-order valence-electron chi connectivity index (χ0n) is 14.9. The molecule has 0 radical (unpaired) electrons. The van der Waals surface area contributed by atoms with Gasteiger partial charge in [0.2, 0.25) is 0 Å². The zero-order chi connectivity index (χ0) is 18.0. The summed E-state index contributed by atoms with van der Waals surface area (Å²) in [5.74, 6) is 0.398.